The van der Waals surface area contributed by atoms with Crippen LogP contribution in [0.5, 0.6) is 0 Å². The molecule has 4 aliphatic rings. The lowest BCUT2D eigenvalue weighted by molar-refractivity contribution is 0.0239. The Morgan fingerprint density at radius 3 is 1.05 bits per heavy atom. The Hall–Kier alpha value is -9.28. The summed E-state index contributed by atoms with van der Waals surface area (Å²) in [4.78, 5) is 82.0. The van der Waals surface area contributed by atoms with Crippen LogP contribution in [0, 0.1) is 23.3 Å². The van der Waals surface area contributed by atoms with Crippen LogP contribution in [-0.2, 0) is 10.3 Å². The van der Waals surface area contributed by atoms with E-state index in [4.69, 9.17) is 4.74 Å². The van der Waals surface area contributed by atoms with Crippen molar-refractivity contribution in [3.05, 3.63) is 220 Å². The van der Waals surface area contributed by atoms with Crippen molar-refractivity contribution in [2.75, 3.05) is 85.0 Å². The first-order valence-electron chi connectivity index (χ1n) is 32.2. The third-order valence-corrected chi connectivity index (χ3v) is 16.5. The fraction of sp³-hybridized carbons (Fsp3) is 0.375. The number of nitrogens with zero attached hydrogens (tertiary/aromatic N) is 13. The highest BCUT2D eigenvalue weighted by molar-refractivity contribution is 6.09. The van der Waals surface area contributed by atoms with Gasteiger partial charge in [0.05, 0.1) is 11.1 Å². The van der Waals surface area contributed by atoms with Crippen LogP contribution in [0.2, 0.25) is 0 Å². The van der Waals surface area contributed by atoms with Gasteiger partial charge in [-0.15, -0.1) is 12.4 Å². The summed E-state index contributed by atoms with van der Waals surface area (Å²) >= 11 is 0. The molecule has 0 aliphatic carbocycles. The van der Waals surface area contributed by atoms with Crippen LogP contribution in [0.4, 0.5) is 46.1 Å². The summed E-state index contributed by atoms with van der Waals surface area (Å²) in [5.41, 5.74) is 4.07. The maximum absolute atomic E-state index is 13.1. The third-order valence-electron chi connectivity index (χ3n) is 16.5. The third kappa shape index (κ3) is 19.9. The topological polar surface area (TPSA) is 200 Å². The van der Waals surface area contributed by atoms with E-state index in [-0.39, 0.29) is 47.5 Å². The maximum atomic E-state index is 13.1. The first-order chi connectivity index (χ1) is 45.4. The van der Waals surface area contributed by atoms with Gasteiger partial charge in [0.1, 0.15) is 34.5 Å². The number of hydrogen-bond acceptors (Lipinski definition) is 17. The first kappa shape index (κ1) is 71.6. The molecular formula is C72H82ClF4N13O5. The number of carbonyl (C=O) groups excluding carboxylic acids is 3. The molecule has 0 radical (unpaired) electrons. The molecule has 4 aromatic heterocycles. The van der Waals surface area contributed by atoms with Crippen LogP contribution in [0.1, 0.15) is 153 Å². The Balaban J connectivity index is 0.000000163. The number of piperidine rings is 3. The molecule has 4 saturated heterocycles. The van der Waals surface area contributed by atoms with Gasteiger partial charge in [-0.1, -0.05) is 37.3 Å². The number of piperazine rings is 1. The van der Waals surface area contributed by atoms with Gasteiger partial charge in [0, 0.05) is 137 Å². The summed E-state index contributed by atoms with van der Waals surface area (Å²) in [5.74, 6) is 0.937. The van der Waals surface area contributed by atoms with Crippen LogP contribution in [0.15, 0.2) is 153 Å². The number of aromatic nitrogens is 8. The zero-order chi connectivity index (χ0) is 66.6. The molecule has 12 rings (SSSR count). The molecule has 0 saturated carbocycles. The highest BCUT2D eigenvalue weighted by atomic mass is 35.5. The molecule has 1 amide bonds. The van der Waals surface area contributed by atoms with Gasteiger partial charge in [0.25, 0.3) is 0 Å². The van der Waals surface area contributed by atoms with Gasteiger partial charge in [-0.2, -0.15) is 0 Å². The monoisotopic (exact) mass is 1320 g/mol. The van der Waals surface area contributed by atoms with Crippen molar-refractivity contribution in [3.63, 3.8) is 0 Å². The number of anilines is 4. The zero-order valence-corrected chi connectivity index (χ0v) is 55.2. The highest BCUT2D eigenvalue weighted by Crippen LogP contribution is 2.33. The predicted octanol–water partition coefficient (Wildman–Crippen LogP) is 13.5. The summed E-state index contributed by atoms with van der Waals surface area (Å²) in [6.45, 7) is 17.5. The Bertz CT molecular complexity index is 3740. The number of allylic oxidation sites excluding steroid dienone is 1. The van der Waals surface area contributed by atoms with E-state index in [1.54, 1.807) is 54.0 Å². The minimum Gasteiger partial charge on any atom is -0.444 e. The Morgan fingerprint density at radius 1 is 0.421 bits per heavy atom. The highest BCUT2D eigenvalue weighted by Gasteiger charge is 2.32. The second-order valence-corrected chi connectivity index (χ2v) is 24.3. The SMILES string of the molecule is C/C=C(\c1ccc(F)cc1)c1cnc(N2CCCCC2)nc1.CC(C)(C)OC(=O)N1CCN(c2ncc(C(=O)c3ccc(F)cc3)cn2)CC1.CCC(O)(c1ccc(F)cc1)c1cnc(N2CCCCC2)nc1.Cl.O=C(c1ccc(F)cc1)c1cnc(N2CCCCC2)nc1. The normalized spacial score (nSPS) is 15.6. The molecule has 1 N–H and O–H groups in total. The van der Waals surface area contributed by atoms with Crippen molar-refractivity contribution in [1.82, 2.24) is 44.8 Å². The Morgan fingerprint density at radius 2 is 0.726 bits per heavy atom. The molecule has 23 heteroatoms. The first-order valence-corrected chi connectivity index (χ1v) is 32.2. The van der Waals surface area contributed by atoms with Gasteiger partial charge in [0.15, 0.2) is 11.6 Å². The summed E-state index contributed by atoms with van der Waals surface area (Å²) in [5, 5.41) is 11.0. The fourth-order valence-electron chi connectivity index (χ4n) is 11.2. The van der Waals surface area contributed by atoms with Crippen molar-refractivity contribution in [2.24, 2.45) is 0 Å². The number of ether oxygens (including phenoxy) is 1. The fourth-order valence-corrected chi connectivity index (χ4v) is 11.2. The molecule has 4 fully saturated rings. The Kier molecular flexibility index (Phi) is 25.8. The van der Waals surface area contributed by atoms with Crippen LogP contribution >= 0.6 is 12.4 Å². The number of halogens is 5. The number of aliphatic hydroxyl groups is 1. The number of rotatable bonds is 13. The summed E-state index contributed by atoms with van der Waals surface area (Å²) in [6, 6.07) is 23.3. The van der Waals surface area contributed by atoms with E-state index in [2.05, 4.69) is 54.6 Å². The average Bonchev–Trinajstić information content (AvgIpc) is 0.956. The van der Waals surface area contributed by atoms with Crippen LogP contribution in [-0.4, -0.2) is 139 Å². The number of hydrogen-bond donors (Lipinski definition) is 1. The van der Waals surface area contributed by atoms with Crippen LogP contribution in [0.3, 0.4) is 0 Å². The number of amides is 1. The number of benzene rings is 4. The summed E-state index contributed by atoms with van der Waals surface area (Å²) in [6.07, 6.45) is 26.1. The summed E-state index contributed by atoms with van der Waals surface area (Å²) < 4.78 is 57.4. The molecular weight excluding hydrogens is 1240 g/mol. The molecule has 1 unspecified atom stereocenters. The Labute approximate surface area is 559 Å². The van der Waals surface area contributed by atoms with E-state index in [1.165, 1.54) is 130 Å². The molecule has 0 bridgehead atoms. The average molecular weight is 1320 g/mol. The number of ketones is 2. The van der Waals surface area contributed by atoms with Crippen molar-refractivity contribution in [3.8, 4) is 0 Å². The molecule has 1 atom stereocenters. The van der Waals surface area contributed by atoms with Crippen molar-refractivity contribution >= 4 is 59.4 Å². The molecule has 95 heavy (non-hydrogen) atoms. The second-order valence-electron chi connectivity index (χ2n) is 24.3. The van der Waals surface area contributed by atoms with E-state index < -0.39 is 17.0 Å². The van der Waals surface area contributed by atoms with E-state index in [9.17, 15) is 37.1 Å². The largest absolute Gasteiger partial charge is 0.444 e. The van der Waals surface area contributed by atoms with Gasteiger partial charge in [-0.25, -0.2) is 62.2 Å². The zero-order valence-electron chi connectivity index (χ0n) is 54.4. The lowest BCUT2D eigenvalue weighted by atomic mass is 9.86. The molecule has 18 nitrogen and oxygen atoms in total. The second kappa shape index (κ2) is 34.2. The van der Waals surface area contributed by atoms with Crippen molar-refractivity contribution in [1.29, 1.82) is 0 Å². The minimum atomic E-state index is -1.20. The lowest BCUT2D eigenvalue weighted by Crippen LogP contribution is -2.50. The molecule has 8 aromatic rings. The van der Waals surface area contributed by atoms with Gasteiger partial charge >= 0.3 is 6.09 Å². The van der Waals surface area contributed by atoms with E-state index >= 15 is 0 Å². The minimum absolute atomic E-state index is 0. The smallest absolute Gasteiger partial charge is 0.410 e. The van der Waals surface area contributed by atoms with Gasteiger partial charge in [0.2, 0.25) is 23.8 Å². The van der Waals surface area contributed by atoms with Crippen LogP contribution in [0.25, 0.3) is 5.57 Å². The molecule has 4 aromatic carbocycles. The standard InChI is InChI=1S/C20H23FN4O3.C18H22FN3O.C18H20FN3.C16H16FN3O.ClH/c1-20(2,3)28-19(27)25-10-8-24(9-11-25)18-22-12-15(13-23-18)17(26)14-4-6-16(21)7-5-14;1-2-18(23,14-6-8-16(19)9-7-14)15-12-20-17(21-13-15)22-10-4-3-5-11-22;1-2-17(14-6-8-16(19)9-7-14)15-12-20-18(21-13-15)22-10-4-3-5-11-22;17-14-6-4-12(5-7-14)15(21)13-10-18-16(19-11-13)20-8-2-1-3-9-20;/h4-7,12-13H,8-11H2,1-3H3;6-9,12-13,23H,2-5,10-11H2,1H3;2,6-9,12-13H,3-5,10-11H2,1H3;4-7,10-11H,1-3,8-9H2;1H/b;;17-2+;;. The quantitative estimate of drug-likeness (QED) is 0.0843. The molecule has 8 heterocycles. The number of carbonyl (C=O) groups is 3. The lowest BCUT2D eigenvalue weighted by Gasteiger charge is -2.35. The molecule has 4 aliphatic heterocycles. The van der Waals surface area contributed by atoms with Crippen molar-refractivity contribution in [2.45, 2.75) is 110 Å². The van der Waals surface area contributed by atoms with Gasteiger partial charge < -0.3 is 34.3 Å². The molecule has 0 spiro atoms. The van der Waals surface area contributed by atoms with E-state index in [0.29, 0.717) is 83.8 Å². The van der Waals surface area contributed by atoms with E-state index in [1.807, 2.05) is 58.0 Å². The summed E-state index contributed by atoms with van der Waals surface area (Å²) in [7, 11) is 0. The van der Waals surface area contributed by atoms with E-state index in [0.717, 1.165) is 74.8 Å². The predicted molar refractivity (Wildman–Crippen MR) is 362 cm³/mol. The van der Waals surface area contributed by atoms with Crippen LogP contribution < -0.4 is 19.6 Å². The van der Waals surface area contributed by atoms with Gasteiger partial charge in [-0.3, -0.25) is 9.59 Å². The van der Waals surface area contributed by atoms with Gasteiger partial charge in [-0.05, 0) is 181 Å². The maximum Gasteiger partial charge on any atom is 0.410 e. The van der Waals surface area contributed by atoms with Crippen molar-refractivity contribution < 1.29 is 41.8 Å². The molecule has 500 valence electrons.